The molecule has 0 radical (unpaired) electrons. The molecule has 1 aliphatic carbocycles. The van der Waals surface area contributed by atoms with Crippen molar-refractivity contribution < 1.29 is 8.42 Å². The highest BCUT2D eigenvalue weighted by atomic mass is 32.2. The van der Waals surface area contributed by atoms with E-state index in [4.69, 9.17) is 5.73 Å². The molecule has 1 heterocycles. The highest BCUT2D eigenvalue weighted by molar-refractivity contribution is 7.93. The van der Waals surface area contributed by atoms with Crippen molar-refractivity contribution in [1.82, 2.24) is 4.98 Å². The summed E-state index contributed by atoms with van der Waals surface area (Å²) in [6.45, 7) is 3.53. The average molecular weight is 323 g/mol. The summed E-state index contributed by atoms with van der Waals surface area (Å²) in [6, 6.07) is 3.58. The second-order valence-electron chi connectivity index (χ2n) is 5.40. The predicted octanol–water partition coefficient (Wildman–Crippen LogP) is 3.02. The lowest BCUT2D eigenvalue weighted by molar-refractivity contribution is 0.601. The Balaban J connectivity index is 1.94. The monoisotopic (exact) mass is 323 g/mol. The van der Waals surface area contributed by atoms with E-state index in [-0.39, 0.29) is 4.90 Å². The highest BCUT2D eigenvalue weighted by Gasteiger charge is 2.27. The maximum absolute atomic E-state index is 12.6. The van der Waals surface area contributed by atoms with Crippen molar-refractivity contribution in [2.75, 3.05) is 10.5 Å². The van der Waals surface area contributed by atoms with Gasteiger partial charge in [0.25, 0.3) is 10.0 Å². The van der Waals surface area contributed by atoms with Crippen LogP contribution in [-0.2, 0) is 10.0 Å². The first kappa shape index (κ1) is 14.3. The molecule has 0 saturated heterocycles. The first-order valence-corrected chi connectivity index (χ1v) is 9.08. The zero-order valence-electron chi connectivity index (χ0n) is 11.9. The smallest absolute Gasteiger partial charge is 0.265 e. The van der Waals surface area contributed by atoms with Gasteiger partial charge in [-0.2, -0.15) is 0 Å². The number of rotatable bonds is 4. The van der Waals surface area contributed by atoms with Gasteiger partial charge in [0.2, 0.25) is 0 Å². The number of nitrogen functional groups attached to an aromatic ring is 1. The van der Waals surface area contributed by atoms with Gasteiger partial charge in [-0.05, 0) is 37.8 Å². The van der Waals surface area contributed by atoms with Crippen molar-refractivity contribution in [2.24, 2.45) is 0 Å². The Bertz CT molecular complexity index is 793. The van der Waals surface area contributed by atoms with Gasteiger partial charge in [-0.15, -0.1) is 11.3 Å². The van der Waals surface area contributed by atoms with E-state index in [1.807, 2.05) is 11.4 Å². The van der Waals surface area contributed by atoms with E-state index in [9.17, 15) is 8.42 Å². The van der Waals surface area contributed by atoms with Gasteiger partial charge in [-0.1, -0.05) is 12.1 Å². The number of benzene rings is 1. The lowest BCUT2D eigenvalue weighted by Gasteiger charge is -2.12. The number of nitrogens with two attached hydrogens (primary N) is 1. The van der Waals surface area contributed by atoms with Gasteiger partial charge >= 0.3 is 0 Å². The molecule has 112 valence electrons. The minimum absolute atomic E-state index is 0.144. The number of nitrogens with zero attached hydrogens (tertiary/aromatic N) is 1. The molecule has 21 heavy (non-hydrogen) atoms. The Hall–Kier alpha value is -1.60. The molecule has 1 fully saturated rings. The maximum atomic E-state index is 12.6. The fraction of sp³-hybridized carbons (Fsp3) is 0.357. The van der Waals surface area contributed by atoms with Gasteiger partial charge in [-0.3, -0.25) is 4.72 Å². The number of sulfonamides is 1. The molecule has 0 unspecified atom stereocenters. The SMILES string of the molecule is Cc1ccc(C)c(S(=O)(=O)Nc2nc(C3CC3)cs2)c1N. The van der Waals surface area contributed by atoms with Crippen LogP contribution in [-0.4, -0.2) is 13.4 Å². The Morgan fingerprint density at radius 2 is 1.95 bits per heavy atom. The summed E-state index contributed by atoms with van der Waals surface area (Å²) >= 11 is 1.31. The summed E-state index contributed by atoms with van der Waals surface area (Å²) in [5.74, 6) is 0.505. The topological polar surface area (TPSA) is 85.1 Å². The lowest BCUT2D eigenvalue weighted by atomic mass is 10.1. The summed E-state index contributed by atoms with van der Waals surface area (Å²) < 4.78 is 27.7. The number of nitrogens with one attached hydrogen (secondary N) is 1. The van der Waals surface area contributed by atoms with Crippen LogP contribution in [0.15, 0.2) is 22.4 Å². The van der Waals surface area contributed by atoms with Crippen LogP contribution in [0.3, 0.4) is 0 Å². The molecule has 1 aliphatic rings. The van der Waals surface area contributed by atoms with Crippen LogP contribution >= 0.6 is 11.3 Å². The summed E-state index contributed by atoms with van der Waals surface area (Å²) in [5.41, 5.74) is 8.60. The quantitative estimate of drug-likeness (QED) is 0.847. The van der Waals surface area contributed by atoms with E-state index < -0.39 is 10.0 Å². The first-order valence-electron chi connectivity index (χ1n) is 6.72. The number of hydrogen-bond acceptors (Lipinski definition) is 5. The van der Waals surface area contributed by atoms with E-state index in [2.05, 4.69) is 9.71 Å². The molecule has 3 N–H and O–H groups in total. The molecule has 0 atom stereocenters. The van der Waals surface area contributed by atoms with E-state index >= 15 is 0 Å². The normalized spacial score (nSPS) is 15.1. The van der Waals surface area contributed by atoms with Gasteiger partial charge in [0.05, 0.1) is 11.4 Å². The molecule has 3 rings (SSSR count). The lowest BCUT2D eigenvalue weighted by Crippen LogP contribution is -2.16. The fourth-order valence-corrected chi connectivity index (χ4v) is 4.71. The zero-order valence-corrected chi connectivity index (χ0v) is 13.5. The molecule has 1 aromatic heterocycles. The van der Waals surface area contributed by atoms with E-state index in [0.29, 0.717) is 22.3 Å². The second-order valence-corrected chi connectivity index (χ2v) is 7.88. The third-order valence-corrected chi connectivity index (χ3v) is 6.07. The molecular formula is C14H17N3O2S2. The van der Waals surface area contributed by atoms with Crippen LogP contribution in [0.25, 0.3) is 0 Å². The van der Waals surface area contributed by atoms with Crippen LogP contribution in [0, 0.1) is 13.8 Å². The minimum Gasteiger partial charge on any atom is -0.397 e. The number of hydrogen-bond donors (Lipinski definition) is 2. The third kappa shape index (κ3) is 2.75. The molecule has 1 aromatic carbocycles. The van der Waals surface area contributed by atoms with Crippen LogP contribution in [0.4, 0.5) is 10.8 Å². The van der Waals surface area contributed by atoms with Gasteiger partial charge in [0, 0.05) is 11.3 Å². The van der Waals surface area contributed by atoms with Gasteiger partial charge < -0.3 is 5.73 Å². The van der Waals surface area contributed by atoms with Crippen molar-refractivity contribution in [3.05, 3.63) is 34.3 Å². The number of thiazole rings is 1. The molecule has 7 heteroatoms. The van der Waals surface area contributed by atoms with Crippen molar-refractivity contribution in [3.63, 3.8) is 0 Å². The first-order chi connectivity index (χ1) is 9.88. The average Bonchev–Trinajstić information content (AvgIpc) is 3.15. The van der Waals surface area contributed by atoms with Crippen molar-refractivity contribution in [3.8, 4) is 0 Å². The maximum Gasteiger partial charge on any atom is 0.265 e. The fourth-order valence-electron chi connectivity index (χ4n) is 2.23. The molecule has 1 saturated carbocycles. The zero-order chi connectivity index (χ0) is 15.2. The molecular weight excluding hydrogens is 306 g/mol. The molecule has 2 aromatic rings. The van der Waals surface area contributed by atoms with Crippen molar-refractivity contribution in [1.29, 1.82) is 0 Å². The molecule has 0 aliphatic heterocycles. The van der Waals surface area contributed by atoms with E-state index in [1.54, 1.807) is 19.9 Å². The van der Waals surface area contributed by atoms with Crippen LogP contribution in [0.1, 0.15) is 35.6 Å². The number of anilines is 2. The minimum atomic E-state index is -3.72. The predicted molar refractivity (Wildman–Crippen MR) is 85.2 cm³/mol. The van der Waals surface area contributed by atoms with Crippen LogP contribution < -0.4 is 10.5 Å². The Labute approximate surface area is 128 Å². The van der Waals surface area contributed by atoms with E-state index in [1.165, 1.54) is 11.3 Å². The van der Waals surface area contributed by atoms with Crippen molar-refractivity contribution in [2.45, 2.75) is 37.5 Å². The van der Waals surface area contributed by atoms with E-state index in [0.717, 1.165) is 24.1 Å². The Kier molecular flexibility index (Phi) is 3.41. The number of aromatic nitrogens is 1. The third-order valence-electron chi connectivity index (χ3n) is 3.62. The molecule has 0 amide bonds. The molecule has 5 nitrogen and oxygen atoms in total. The van der Waals surface area contributed by atoms with Gasteiger partial charge in [-0.25, -0.2) is 13.4 Å². The molecule has 0 bridgehead atoms. The Morgan fingerprint density at radius 3 is 2.62 bits per heavy atom. The van der Waals surface area contributed by atoms with Crippen LogP contribution in [0.5, 0.6) is 0 Å². The van der Waals surface area contributed by atoms with Gasteiger partial charge in [0.15, 0.2) is 5.13 Å². The molecule has 0 spiro atoms. The highest BCUT2D eigenvalue weighted by Crippen LogP contribution is 2.41. The Morgan fingerprint density at radius 1 is 1.29 bits per heavy atom. The summed E-state index contributed by atoms with van der Waals surface area (Å²) in [5, 5.41) is 2.32. The second kappa shape index (κ2) is 4.99. The summed E-state index contributed by atoms with van der Waals surface area (Å²) in [6.07, 6.45) is 2.28. The van der Waals surface area contributed by atoms with Crippen molar-refractivity contribution >= 4 is 32.2 Å². The number of aryl methyl sites for hydroxylation is 2. The summed E-state index contributed by atoms with van der Waals surface area (Å²) in [4.78, 5) is 4.50. The van der Waals surface area contributed by atoms with Gasteiger partial charge in [0.1, 0.15) is 4.90 Å². The van der Waals surface area contributed by atoms with Crippen LogP contribution in [0.2, 0.25) is 0 Å². The largest absolute Gasteiger partial charge is 0.397 e. The summed E-state index contributed by atoms with van der Waals surface area (Å²) in [7, 11) is -3.72. The standard InChI is InChI=1S/C14H17N3O2S2/c1-8-3-4-9(2)13(12(8)15)21(18,19)17-14-16-11(7-20-14)10-5-6-10/h3-4,7,10H,5-6,15H2,1-2H3,(H,16,17).